The third-order valence-corrected chi connectivity index (χ3v) is 6.35. The lowest BCUT2D eigenvalue weighted by Crippen LogP contribution is -2.27. The maximum atomic E-state index is 12.8. The van der Waals surface area contributed by atoms with Crippen molar-refractivity contribution in [3.05, 3.63) is 113 Å². The number of methoxy groups -OCH3 is 3. The number of amides is 1. The van der Waals surface area contributed by atoms with E-state index in [9.17, 15) is 4.79 Å². The minimum absolute atomic E-state index is 0.0905. The van der Waals surface area contributed by atoms with E-state index in [4.69, 9.17) is 23.7 Å². The maximum absolute atomic E-state index is 12.8. The fourth-order valence-corrected chi connectivity index (χ4v) is 4.29. The first kappa shape index (κ1) is 28.4. The highest BCUT2D eigenvalue weighted by molar-refractivity contribution is 5.78. The molecule has 0 aromatic heterocycles. The van der Waals surface area contributed by atoms with Crippen LogP contribution in [0.25, 0.3) is 0 Å². The molecule has 0 saturated carbocycles. The van der Waals surface area contributed by atoms with Crippen LogP contribution in [0.1, 0.15) is 22.3 Å². The van der Waals surface area contributed by atoms with Crippen LogP contribution in [-0.2, 0) is 30.8 Å². The Labute approximate surface area is 235 Å². The fourth-order valence-electron chi connectivity index (χ4n) is 4.29. The molecule has 0 bridgehead atoms. The summed E-state index contributed by atoms with van der Waals surface area (Å²) in [6, 6.07) is 29.2. The van der Waals surface area contributed by atoms with Crippen LogP contribution >= 0.6 is 0 Å². The Hall–Kier alpha value is -4.65. The summed E-state index contributed by atoms with van der Waals surface area (Å²) >= 11 is 0. The van der Waals surface area contributed by atoms with Crippen LogP contribution in [0.3, 0.4) is 0 Å². The molecule has 4 rings (SSSR count). The summed E-state index contributed by atoms with van der Waals surface area (Å²) in [5, 5.41) is 3.01. The molecule has 4 aromatic rings. The lowest BCUT2D eigenvalue weighted by molar-refractivity contribution is -0.120. The van der Waals surface area contributed by atoms with Crippen molar-refractivity contribution in [2.75, 3.05) is 27.9 Å². The Morgan fingerprint density at radius 1 is 0.625 bits per heavy atom. The summed E-state index contributed by atoms with van der Waals surface area (Å²) in [6.07, 6.45) is 0.782. The van der Waals surface area contributed by atoms with Gasteiger partial charge in [-0.3, -0.25) is 4.79 Å². The van der Waals surface area contributed by atoms with Crippen molar-refractivity contribution in [1.29, 1.82) is 0 Å². The van der Waals surface area contributed by atoms with E-state index in [1.165, 1.54) is 0 Å². The van der Waals surface area contributed by atoms with E-state index in [1.54, 1.807) is 21.3 Å². The molecule has 208 valence electrons. The summed E-state index contributed by atoms with van der Waals surface area (Å²) in [5.41, 5.74) is 3.85. The highest BCUT2D eigenvalue weighted by atomic mass is 16.5. The van der Waals surface area contributed by atoms with Crippen LogP contribution in [0.15, 0.2) is 91.0 Å². The lowest BCUT2D eigenvalue weighted by atomic mass is 10.1. The number of nitrogens with one attached hydrogen (secondary N) is 1. The quantitative estimate of drug-likeness (QED) is 0.218. The fraction of sp³-hybridized carbons (Fsp3) is 0.242. The predicted octanol–water partition coefficient (Wildman–Crippen LogP) is 5.77. The van der Waals surface area contributed by atoms with Gasteiger partial charge in [0.15, 0.2) is 23.0 Å². The smallest absolute Gasteiger partial charge is 0.224 e. The second-order valence-corrected chi connectivity index (χ2v) is 9.10. The van der Waals surface area contributed by atoms with Crippen LogP contribution in [-0.4, -0.2) is 33.8 Å². The van der Waals surface area contributed by atoms with E-state index in [0.29, 0.717) is 54.9 Å². The van der Waals surface area contributed by atoms with E-state index >= 15 is 0 Å². The van der Waals surface area contributed by atoms with Gasteiger partial charge in [-0.2, -0.15) is 0 Å². The van der Waals surface area contributed by atoms with Crippen LogP contribution in [0.2, 0.25) is 0 Å². The molecular formula is C33H35NO6. The Balaban J connectivity index is 1.35. The van der Waals surface area contributed by atoms with Crippen molar-refractivity contribution in [2.24, 2.45) is 0 Å². The van der Waals surface area contributed by atoms with Gasteiger partial charge in [0, 0.05) is 12.1 Å². The molecule has 40 heavy (non-hydrogen) atoms. The molecule has 7 heteroatoms. The van der Waals surface area contributed by atoms with E-state index in [1.807, 2.05) is 91.0 Å². The van der Waals surface area contributed by atoms with Crippen LogP contribution in [0.5, 0.6) is 28.7 Å². The second-order valence-electron chi connectivity index (χ2n) is 9.10. The van der Waals surface area contributed by atoms with Gasteiger partial charge in [-0.15, -0.1) is 0 Å². The topological polar surface area (TPSA) is 75.3 Å². The first-order valence-corrected chi connectivity index (χ1v) is 13.1. The summed E-state index contributed by atoms with van der Waals surface area (Å²) < 4.78 is 28.7. The molecule has 0 aliphatic carbocycles. The summed E-state index contributed by atoms with van der Waals surface area (Å²) in [6.45, 7) is 1.26. The molecule has 0 atom stereocenters. The largest absolute Gasteiger partial charge is 0.493 e. The normalized spacial score (nSPS) is 10.5. The maximum Gasteiger partial charge on any atom is 0.224 e. The lowest BCUT2D eigenvalue weighted by Gasteiger charge is -2.18. The minimum Gasteiger partial charge on any atom is -0.493 e. The molecule has 1 amide bonds. The first-order valence-electron chi connectivity index (χ1n) is 13.1. The van der Waals surface area contributed by atoms with Crippen molar-refractivity contribution in [3.63, 3.8) is 0 Å². The first-order chi connectivity index (χ1) is 19.6. The average Bonchev–Trinajstić information content (AvgIpc) is 3.00. The zero-order chi connectivity index (χ0) is 28.2. The van der Waals surface area contributed by atoms with Crippen LogP contribution in [0.4, 0.5) is 0 Å². The van der Waals surface area contributed by atoms with Gasteiger partial charge in [-0.25, -0.2) is 0 Å². The average molecular weight is 542 g/mol. The number of carbonyl (C=O) groups excluding carboxylic acids is 1. The van der Waals surface area contributed by atoms with Crippen molar-refractivity contribution >= 4 is 5.91 Å². The summed E-state index contributed by atoms with van der Waals surface area (Å²) in [4.78, 5) is 12.8. The van der Waals surface area contributed by atoms with Crippen molar-refractivity contribution in [3.8, 4) is 28.7 Å². The summed E-state index contributed by atoms with van der Waals surface area (Å²) in [7, 11) is 4.77. The van der Waals surface area contributed by atoms with Gasteiger partial charge in [-0.05, 0) is 41.3 Å². The van der Waals surface area contributed by atoms with Gasteiger partial charge in [0.2, 0.25) is 11.7 Å². The van der Waals surface area contributed by atoms with Crippen molar-refractivity contribution in [1.82, 2.24) is 5.32 Å². The molecule has 0 spiro atoms. The molecule has 1 N–H and O–H groups in total. The highest BCUT2D eigenvalue weighted by Gasteiger charge is 2.17. The van der Waals surface area contributed by atoms with Crippen LogP contribution in [0, 0.1) is 0 Å². The van der Waals surface area contributed by atoms with Gasteiger partial charge < -0.3 is 29.0 Å². The standard InChI is InChI=1S/C33H35NO6/c1-36-29-17-15-27(32(33(29)38-3)40-23-25-12-8-5-9-13-25)18-19-34-31(35)21-26-14-16-28(30(20-26)37-2)39-22-24-10-6-4-7-11-24/h4-17,20H,18-19,21-23H2,1-3H3,(H,34,35). The van der Waals surface area contributed by atoms with Crippen molar-refractivity contribution in [2.45, 2.75) is 26.1 Å². The number of carbonyl (C=O) groups is 1. The molecule has 0 aliphatic rings. The van der Waals surface area contributed by atoms with E-state index < -0.39 is 0 Å². The van der Waals surface area contributed by atoms with Gasteiger partial charge >= 0.3 is 0 Å². The van der Waals surface area contributed by atoms with Gasteiger partial charge in [0.05, 0.1) is 27.8 Å². The molecule has 0 heterocycles. The molecule has 0 radical (unpaired) electrons. The molecule has 0 unspecified atom stereocenters. The minimum atomic E-state index is -0.0905. The SMILES string of the molecule is COc1cc(CC(=O)NCCc2ccc(OC)c(OC)c2OCc2ccccc2)ccc1OCc1ccccc1. The number of hydrogen-bond donors (Lipinski definition) is 1. The Bertz CT molecular complexity index is 1370. The van der Waals surface area contributed by atoms with Crippen LogP contribution < -0.4 is 29.0 Å². The molecule has 0 saturated heterocycles. The highest BCUT2D eigenvalue weighted by Crippen LogP contribution is 2.40. The van der Waals surface area contributed by atoms with Gasteiger partial charge in [0.1, 0.15) is 13.2 Å². The Kier molecular flexibility index (Phi) is 10.3. The predicted molar refractivity (Wildman–Crippen MR) is 155 cm³/mol. The van der Waals surface area contributed by atoms with Gasteiger partial charge in [0.25, 0.3) is 0 Å². The monoisotopic (exact) mass is 541 g/mol. The third kappa shape index (κ3) is 7.69. The number of benzene rings is 4. The zero-order valence-electron chi connectivity index (χ0n) is 23.1. The number of rotatable bonds is 14. The summed E-state index contributed by atoms with van der Waals surface area (Å²) in [5.74, 6) is 2.86. The third-order valence-electron chi connectivity index (χ3n) is 6.35. The molecular weight excluding hydrogens is 506 g/mol. The molecule has 0 aliphatic heterocycles. The second kappa shape index (κ2) is 14.5. The van der Waals surface area contributed by atoms with Gasteiger partial charge in [-0.1, -0.05) is 72.8 Å². The number of hydrogen-bond acceptors (Lipinski definition) is 6. The Morgan fingerprint density at radius 2 is 1.25 bits per heavy atom. The molecule has 4 aromatic carbocycles. The van der Waals surface area contributed by atoms with E-state index in [-0.39, 0.29) is 12.3 Å². The van der Waals surface area contributed by atoms with E-state index in [0.717, 1.165) is 22.3 Å². The van der Waals surface area contributed by atoms with Crippen molar-refractivity contribution < 1.29 is 28.5 Å². The van der Waals surface area contributed by atoms with E-state index in [2.05, 4.69) is 5.32 Å². The number of ether oxygens (including phenoxy) is 5. The Morgan fingerprint density at radius 3 is 1.88 bits per heavy atom. The molecule has 7 nitrogen and oxygen atoms in total. The molecule has 0 fully saturated rings. The zero-order valence-corrected chi connectivity index (χ0v) is 23.1.